The standard InChI is InChI=1S/C13H16N6/c1-2-18-8-6-15-13(18)12(17-14)10-9-16-19-7-4-3-5-11(10)19/h3-9,12,17H,2,14H2,1H3. The molecule has 0 aliphatic heterocycles. The second-order valence-corrected chi connectivity index (χ2v) is 4.30. The van der Waals surface area contributed by atoms with Crippen LogP contribution in [0.15, 0.2) is 43.0 Å². The van der Waals surface area contributed by atoms with Crippen LogP contribution in [0, 0.1) is 0 Å². The first kappa shape index (κ1) is 11.9. The topological polar surface area (TPSA) is 73.2 Å². The van der Waals surface area contributed by atoms with Crippen molar-refractivity contribution in [2.45, 2.75) is 19.5 Å². The smallest absolute Gasteiger partial charge is 0.131 e. The minimum atomic E-state index is -0.171. The van der Waals surface area contributed by atoms with E-state index in [1.165, 1.54) is 0 Å². The number of aromatic nitrogens is 4. The van der Waals surface area contributed by atoms with Gasteiger partial charge in [-0.1, -0.05) is 6.07 Å². The highest BCUT2D eigenvalue weighted by atomic mass is 15.3. The van der Waals surface area contributed by atoms with Gasteiger partial charge in [0, 0.05) is 30.7 Å². The number of nitrogens with two attached hydrogens (primary N) is 1. The van der Waals surface area contributed by atoms with Crippen molar-refractivity contribution in [1.82, 2.24) is 24.6 Å². The lowest BCUT2D eigenvalue weighted by Gasteiger charge is -2.15. The lowest BCUT2D eigenvalue weighted by Crippen LogP contribution is -2.31. The van der Waals surface area contributed by atoms with Crippen molar-refractivity contribution >= 4 is 5.52 Å². The van der Waals surface area contributed by atoms with E-state index in [0.717, 1.165) is 23.4 Å². The van der Waals surface area contributed by atoms with Gasteiger partial charge in [-0.2, -0.15) is 5.10 Å². The fraction of sp³-hybridized carbons (Fsp3) is 0.231. The van der Waals surface area contributed by atoms with Gasteiger partial charge in [-0.05, 0) is 19.1 Å². The van der Waals surface area contributed by atoms with Crippen LogP contribution in [-0.4, -0.2) is 19.2 Å². The molecule has 0 fully saturated rings. The van der Waals surface area contributed by atoms with Gasteiger partial charge in [-0.15, -0.1) is 0 Å². The molecule has 1 unspecified atom stereocenters. The molecule has 6 heteroatoms. The summed E-state index contributed by atoms with van der Waals surface area (Å²) in [7, 11) is 0. The number of pyridine rings is 1. The van der Waals surface area contributed by atoms with Crippen LogP contribution in [0.4, 0.5) is 0 Å². The molecule has 19 heavy (non-hydrogen) atoms. The van der Waals surface area contributed by atoms with Gasteiger partial charge in [-0.25, -0.2) is 14.9 Å². The fourth-order valence-electron chi connectivity index (χ4n) is 2.33. The summed E-state index contributed by atoms with van der Waals surface area (Å²) in [5, 5.41) is 4.34. The first-order valence-electron chi connectivity index (χ1n) is 6.24. The minimum absolute atomic E-state index is 0.171. The summed E-state index contributed by atoms with van der Waals surface area (Å²) in [6.45, 7) is 2.93. The number of hydrogen-bond donors (Lipinski definition) is 2. The van der Waals surface area contributed by atoms with E-state index in [-0.39, 0.29) is 6.04 Å². The van der Waals surface area contributed by atoms with E-state index < -0.39 is 0 Å². The van der Waals surface area contributed by atoms with Crippen LogP contribution in [-0.2, 0) is 6.54 Å². The molecule has 98 valence electrons. The van der Waals surface area contributed by atoms with Gasteiger partial charge in [-0.3, -0.25) is 5.84 Å². The van der Waals surface area contributed by atoms with Gasteiger partial charge in [0.05, 0.1) is 11.7 Å². The third-order valence-corrected chi connectivity index (χ3v) is 3.28. The molecule has 3 N–H and O–H groups in total. The number of hydrazine groups is 1. The number of imidazole rings is 1. The Bertz CT molecular complexity index is 683. The number of nitrogens with zero attached hydrogens (tertiary/aromatic N) is 4. The summed E-state index contributed by atoms with van der Waals surface area (Å²) < 4.78 is 3.90. The monoisotopic (exact) mass is 256 g/mol. The Hall–Kier alpha value is -2.18. The minimum Gasteiger partial charge on any atom is -0.334 e. The molecule has 0 aromatic carbocycles. The van der Waals surface area contributed by atoms with Crippen LogP contribution in [0.5, 0.6) is 0 Å². The van der Waals surface area contributed by atoms with Crippen LogP contribution >= 0.6 is 0 Å². The third-order valence-electron chi connectivity index (χ3n) is 3.28. The summed E-state index contributed by atoms with van der Waals surface area (Å²) in [6.07, 6.45) is 7.48. The molecule has 0 saturated carbocycles. The highest BCUT2D eigenvalue weighted by Crippen LogP contribution is 2.23. The Morgan fingerprint density at radius 3 is 3.05 bits per heavy atom. The zero-order chi connectivity index (χ0) is 13.2. The number of rotatable bonds is 4. The SMILES string of the molecule is CCn1ccnc1C(NN)c1cnn2ccccc12. The average Bonchev–Trinajstić information content (AvgIpc) is 3.07. The molecule has 0 amide bonds. The van der Waals surface area contributed by atoms with Crippen molar-refractivity contribution in [1.29, 1.82) is 0 Å². The van der Waals surface area contributed by atoms with Gasteiger partial charge in [0.1, 0.15) is 11.9 Å². The quantitative estimate of drug-likeness (QED) is 0.541. The van der Waals surface area contributed by atoms with Crippen molar-refractivity contribution < 1.29 is 0 Å². The molecule has 3 rings (SSSR count). The molecule has 0 saturated heterocycles. The lowest BCUT2D eigenvalue weighted by atomic mass is 10.1. The normalized spacial score (nSPS) is 12.9. The van der Waals surface area contributed by atoms with E-state index in [4.69, 9.17) is 5.84 Å². The molecule has 3 aromatic rings. The first-order chi connectivity index (χ1) is 9.35. The molecule has 3 heterocycles. The van der Waals surface area contributed by atoms with Crippen molar-refractivity contribution in [3.05, 3.63) is 54.4 Å². The molecule has 0 bridgehead atoms. The summed E-state index contributed by atoms with van der Waals surface area (Å²) in [4.78, 5) is 4.40. The Morgan fingerprint density at radius 2 is 2.26 bits per heavy atom. The zero-order valence-corrected chi connectivity index (χ0v) is 10.7. The Labute approximate surface area is 110 Å². The second kappa shape index (κ2) is 4.83. The number of aryl methyl sites for hydroxylation is 1. The third kappa shape index (κ3) is 1.91. The number of nitrogens with one attached hydrogen (secondary N) is 1. The van der Waals surface area contributed by atoms with Crippen LogP contribution in [0.1, 0.15) is 24.4 Å². The van der Waals surface area contributed by atoms with E-state index >= 15 is 0 Å². The lowest BCUT2D eigenvalue weighted by molar-refractivity contribution is 0.563. The van der Waals surface area contributed by atoms with Crippen LogP contribution in [0.3, 0.4) is 0 Å². The summed E-state index contributed by atoms with van der Waals surface area (Å²) >= 11 is 0. The largest absolute Gasteiger partial charge is 0.334 e. The van der Waals surface area contributed by atoms with Crippen molar-refractivity contribution in [2.75, 3.05) is 0 Å². The molecule has 0 radical (unpaired) electrons. The van der Waals surface area contributed by atoms with E-state index in [0.29, 0.717) is 0 Å². The average molecular weight is 256 g/mol. The molecule has 6 nitrogen and oxygen atoms in total. The molecular formula is C13H16N6. The van der Waals surface area contributed by atoms with E-state index in [9.17, 15) is 0 Å². The van der Waals surface area contributed by atoms with Crippen molar-refractivity contribution in [3.8, 4) is 0 Å². The second-order valence-electron chi connectivity index (χ2n) is 4.30. The summed E-state index contributed by atoms with van der Waals surface area (Å²) in [5.41, 5.74) is 4.88. The van der Waals surface area contributed by atoms with Crippen LogP contribution in [0.2, 0.25) is 0 Å². The van der Waals surface area contributed by atoms with Crippen LogP contribution in [0.25, 0.3) is 5.52 Å². The maximum Gasteiger partial charge on any atom is 0.131 e. The highest BCUT2D eigenvalue weighted by Gasteiger charge is 2.21. The van der Waals surface area contributed by atoms with E-state index in [2.05, 4.69) is 27.0 Å². The fourth-order valence-corrected chi connectivity index (χ4v) is 2.33. The predicted octanol–water partition coefficient (Wildman–Crippen LogP) is 1.10. The zero-order valence-electron chi connectivity index (χ0n) is 10.7. The van der Waals surface area contributed by atoms with Gasteiger partial charge in [0.2, 0.25) is 0 Å². The van der Waals surface area contributed by atoms with Gasteiger partial charge in [0.15, 0.2) is 0 Å². The van der Waals surface area contributed by atoms with Gasteiger partial charge in [0.25, 0.3) is 0 Å². The highest BCUT2D eigenvalue weighted by molar-refractivity contribution is 5.56. The number of hydrogen-bond acceptors (Lipinski definition) is 4. The van der Waals surface area contributed by atoms with Crippen molar-refractivity contribution in [3.63, 3.8) is 0 Å². The van der Waals surface area contributed by atoms with E-state index in [1.807, 2.05) is 41.3 Å². The molecular weight excluding hydrogens is 240 g/mol. The van der Waals surface area contributed by atoms with E-state index in [1.54, 1.807) is 6.20 Å². The molecule has 3 aromatic heterocycles. The van der Waals surface area contributed by atoms with Gasteiger partial charge < -0.3 is 4.57 Å². The first-order valence-corrected chi connectivity index (χ1v) is 6.24. The number of fused-ring (bicyclic) bond motifs is 1. The molecule has 0 aliphatic rings. The summed E-state index contributed by atoms with van der Waals surface area (Å²) in [5.74, 6) is 6.62. The maximum absolute atomic E-state index is 5.73. The maximum atomic E-state index is 5.73. The Balaban J connectivity index is 2.12. The molecule has 0 spiro atoms. The van der Waals surface area contributed by atoms with Crippen molar-refractivity contribution in [2.24, 2.45) is 5.84 Å². The predicted molar refractivity (Wildman–Crippen MR) is 72.3 cm³/mol. The summed E-state index contributed by atoms with van der Waals surface area (Å²) in [6, 6.07) is 5.78. The molecule has 1 atom stereocenters. The Morgan fingerprint density at radius 1 is 1.37 bits per heavy atom. The van der Waals surface area contributed by atoms with Crippen LogP contribution < -0.4 is 11.3 Å². The van der Waals surface area contributed by atoms with Gasteiger partial charge >= 0.3 is 0 Å². The Kier molecular flexibility index (Phi) is 3.02. The molecule has 0 aliphatic carbocycles.